The van der Waals surface area contributed by atoms with Gasteiger partial charge >= 0.3 is 0 Å². The monoisotopic (exact) mass is 347 g/mol. The van der Waals surface area contributed by atoms with Gasteiger partial charge < -0.3 is 5.73 Å². The van der Waals surface area contributed by atoms with Gasteiger partial charge in [-0.15, -0.1) is 11.3 Å². The number of nitrogens with two attached hydrogens (primary N) is 1. The van der Waals surface area contributed by atoms with Gasteiger partial charge in [-0.25, -0.2) is 16.8 Å². The van der Waals surface area contributed by atoms with E-state index in [4.69, 9.17) is 5.73 Å². The first-order chi connectivity index (χ1) is 9.66. The number of hydrogen-bond donors (Lipinski definition) is 3. The lowest BCUT2D eigenvalue weighted by molar-refractivity contribution is 0.602. The molecule has 0 aliphatic carbocycles. The summed E-state index contributed by atoms with van der Waals surface area (Å²) >= 11 is 1.02. The molecule has 4 N–H and O–H groups in total. The first kappa shape index (κ1) is 15.6. The van der Waals surface area contributed by atoms with Crippen molar-refractivity contribution in [1.82, 2.24) is 0 Å². The van der Waals surface area contributed by atoms with Crippen LogP contribution < -0.4 is 15.2 Å². The number of thiophene rings is 1. The highest BCUT2D eigenvalue weighted by atomic mass is 32.2. The standard InChI is InChI=1S/C11H13N3O4S3/c1-20(15,16)13-9-2-4-10(5-3-9)14-21(17,18)11-6-8(12)7-19-11/h2-7,13-14H,12H2,1H3. The van der Waals surface area contributed by atoms with Crippen molar-refractivity contribution < 1.29 is 16.8 Å². The molecule has 2 aromatic rings. The molecule has 0 radical (unpaired) electrons. The van der Waals surface area contributed by atoms with Crippen LogP contribution in [0.15, 0.2) is 39.9 Å². The Balaban J connectivity index is 2.17. The van der Waals surface area contributed by atoms with Crippen molar-refractivity contribution in [3.63, 3.8) is 0 Å². The second-order valence-corrected chi connectivity index (χ2v) is 8.83. The van der Waals surface area contributed by atoms with Crippen LogP contribution in [0.3, 0.4) is 0 Å². The summed E-state index contributed by atoms with van der Waals surface area (Å²) in [4.78, 5) is 0. The van der Waals surface area contributed by atoms with Gasteiger partial charge in [0.25, 0.3) is 10.0 Å². The van der Waals surface area contributed by atoms with Crippen LogP contribution in [0.4, 0.5) is 17.1 Å². The van der Waals surface area contributed by atoms with Gasteiger partial charge in [0, 0.05) is 22.4 Å². The van der Waals surface area contributed by atoms with Gasteiger partial charge in [0.05, 0.1) is 6.26 Å². The van der Waals surface area contributed by atoms with Crippen molar-refractivity contribution in [2.24, 2.45) is 0 Å². The summed E-state index contributed by atoms with van der Waals surface area (Å²) in [6.07, 6.45) is 1.03. The van der Waals surface area contributed by atoms with Crippen molar-refractivity contribution >= 4 is 48.4 Å². The predicted molar refractivity (Wildman–Crippen MR) is 84.4 cm³/mol. The molecular formula is C11H13N3O4S3. The maximum Gasteiger partial charge on any atom is 0.271 e. The maximum atomic E-state index is 12.1. The topological polar surface area (TPSA) is 118 Å². The van der Waals surface area contributed by atoms with Gasteiger partial charge in [-0.3, -0.25) is 9.44 Å². The summed E-state index contributed by atoms with van der Waals surface area (Å²) in [6, 6.07) is 7.21. The van der Waals surface area contributed by atoms with Crippen molar-refractivity contribution in [3.8, 4) is 0 Å². The summed E-state index contributed by atoms with van der Waals surface area (Å²) in [5, 5.41) is 1.54. The summed E-state index contributed by atoms with van der Waals surface area (Å²) in [5.74, 6) is 0. The highest BCUT2D eigenvalue weighted by molar-refractivity contribution is 7.94. The molecule has 7 nitrogen and oxygen atoms in total. The van der Waals surface area contributed by atoms with Crippen molar-refractivity contribution in [2.75, 3.05) is 21.4 Å². The van der Waals surface area contributed by atoms with Gasteiger partial charge in [-0.05, 0) is 30.3 Å². The molecule has 0 unspecified atom stereocenters. The Morgan fingerprint density at radius 1 is 1.00 bits per heavy atom. The lowest BCUT2D eigenvalue weighted by Crippen LogP contribution is -2.12. The zero-order valence-corrected chi connectivity index (χ0v) is 13.3. The molecule has 0 saturated heterocycles. The molecule has 0 saturated carbocycles. The highest BCUT2D eigenvalue weighted by Crippen LogP contribution is 2.24. The third kappa shape index (κ3) is 4.34. The third-order valence-corrected chi connectivity index (χ3v) is 5.75. The van der Waals surface area contributed by atoms with E-state index in [1.807, 2.05) is 0 Å². The average molecular weight is 347 g/mol. The molecule has 0 aliphatic heterocycles. The predicted octanol–water partition coefficient (Wildman–Crippen LogP) is 1.50. The van der Waals surface area contributed by atoms with Crippen LogP contribution in [-0.2, 0) is 20.0 Å². The average Bonchev–Trinajstić information content (AvgIpc) is 2.77. The number of benzene rings is 1. The Hall–Kier alpha value is -1.78. The van der Waals surface area contributed by atoms with E-state index in [2.05, 4.69) is 9.44 Å². The van der Waals surface area contributed by atoms with E-state index in [0.717, 1.165) is 17.6 Å². The summed E-state index contributed by atoms with van der Waals surface area (Å²) in [7, 11) is -7.06. The first-order valence-corrected chi connectivity index (χ1v) is 9.86. The van der Waals surface area contributed by atoms with E-state index in [-0.39, 0.29) is 4.21 Å². The minimum Gasteiger partial charge on any atom is -0.398 e. The van der Waals surface area contributed by atoms with Crippen LogP contribution >= 0.6 is 11.3 Å². The quantitative estimate of drug-likeness (QED) is 0.757. The van der Waals surface area contributed by atoms with Gasteiger partial charge in [0.15, 0.2) is 0 Å². The molecule has 10 heteroatoms. The second-order valence-electron chi connectivity index (χ2n) is 4.26. The Morgan fingerprint density at radius 3 is 1.95 bits per heavy atom. The molecule has 1 aromatic carbocycles. The summed E-state index contributed by atoms with van der Waals surface area (Å²) in [6.45, 7) is 0. The summed E-state index contributed by atoms with van der Waals surface area (Å²) < 4.78 is 51.0. The molecule has 0 bridgehead atoms. The molecule has 0 aliphatic rings. The van der Waals surface area contributed by atoms with Crippen LogP contribution in [0, 0.1) is 0 Å². The van der Waals surface area contributed by atoms with Crippen LogP contribution in [0.25, 0.3) is 0 Å². The van der Waals surface area contributed by atoms with Crippen LogP contribution in [-0.4, -0.2) is 23.1 Å². The molecule has 114 valence electrons. The van der Waals surface area contributed by atoms with Crippen molar-refractivity contribution in [3.05, 3.63) is 35.7 Å². The fourth-order valence-corrected chi connectivity index (χ4v) is 4.20. The maximum absolute atomic E-state index is 12.1. The lowest BCUT2D eigenvalue weighted by atomic mass is 10.3. The minimum absolute atomic E-state index is 0.110. The SMILES string of the molecule is CS(=O)(=O)Nc1ccc(NS(=O)(=O)c2cc(N)cs2)cc1. The van der Waals surface area contributed by atoms with Gasteiger partial charge in [0.2, 0.25) is 10.0 Å². The minimum atomic E-state index is -3.69. The van der Waals surface area contributed by atoms with E-state index in [1.165, 1.54) is 35.7 Å². The number of sulfonamides is 2. The van der Waals surface area contributed by atoms with Crippen molar-refractivity contribution in [1.29, 1.82) is 0 Å². The van der Waals surface area contributed by atoms with Gasteiger partial charge in [0.1, 0.15) is 4.21 Å². The van der Waals surface area contributed by atoms with Crippen LogP contribution in [0.1, 0.15) is 0 Å². The van der Waals surface area contributed by atoms with Crippen LogP contribution in [0.2, 0.25) is 0 Å². The zero-order chi connectivity index (χ0) is 15.7. The number of anilines is 3. The molecule has 0 fully saturated rings. The molecule has 0 amide bonds. The molecule has 21 heavy (non-hydrogen) atoms. The zero-order valence-electron chi connectivity index (χ0n) is 10.9. The molecule has 1 aromatic heterocycles. The normalized spacial score (nSPS) is 12.0. The van der Waals surface area contributed by atoms with E-state index in [1.54, 1.807) is 0 Å². The number of nitrogen functional groups attached to an aromatic ring is 1. The number of hydrogen-bond acceptors (Lipinski definition) is 6. The van der Waals surface area contributed by atoms with Gasteiger partial charge in [-0.1, -0.05) is 0 Å². The molecule has 0 atom stereocenters. The largest absolute Gasteiger partial charge is 0.398 e. The molecule has 0 spiro atoms. The number of nitrogens with one attached hydrogen (secondary N) is 2. The highest BCUT2D eigenvalue weighted by Gasteiger charge is 2.16. The Morgan fingerprint density at radius 2 is 1.52 bits per heavy atom. The van der Waals surface area contributed by atoms with E-state index >= 15 is 0 Å². The third-order valence-electron chi connectivity index (χ3n) is 2.30. The fraction of sp³-hybridized carbons (Fsp3) is 0.0909. The smallest absolute Gasteiger partial charge is 0.271 e. The Labute approximate surface area is 126 Å². The second kappa shape index (κ2) is 5.54. The Kier molecular flexibility index (Phi) is 4.12. The fourth-order valence-electron chi connectivity index (χ4n) is 1.50. The molecule has 1 heterocycles. The lowest BCUT2D eigenvalue weighted by Gasteiger charge is -2.08. The van der Waals surface area contributed by atoms with E-state index in [0.29, 0.717) is 17.1 Å². The van der Waals surface area contributed by atoms with E-state index < -0.39 is 20.0 Å². The summed E-state index contributed by atoms with van der Waals surface area (Å²) in [5.41, 5.74) is 6.55. The van der Waals surface area contributed by atoms with Gasteiger partial charge in [-0.2, -0.15) is 0 Å². The molecular weight excluding hydrogens is 334 g/mol. The van der Waals surface area contributed by atoms with Crippen molar-refractivity contribution in [2.45, 2.75) is 4.21 Å². The van der Waals surface area contributed by atoms with E-state index in [9.17, 15) is 16.8 Å². The Bertz CT molecular complexity index is 839. The van der Waals surface area contributed by atoms with Crippen LogP contribution in [0.5, 0.6) is 0 Å². The molecule has 2 rings (SSSR count). The first-order valence-electron chi connectivity index (χ1n) is 5.60. The number of rotatable bonds is 5.